The van der Waals surface area contributed by atoms with Crippen LogP contribution < -0.4 is 10.4 Å². The number of benzene rings is 2. The van der Waals surface area contributed by atoms with Crippen molar-refractivity contribution in [3.8, 4) is 0 Å². The van der Waals surface area contributed by atoms with Crippen LogP contribution in [-0.2, 0) is 0 Å². The standard InChI is InChI=1S/C18H15ClF3N5O2/c19-11-5-8(1-2-12(11)20)27(29)17(23)10-6-13(21)14(22)16-15(10)25-18(26-16)24-7-3-9(28)4-7/h1-2,5-7,9,23,28-29H,3-4H2,(H2,24,25,26). The maximum atomic E-state index is 14.2. The van der Waals surface area contributed by atoms with Gasteiger partial charge in [-0.3, -0.25) is 10.6 Å². The van der Waals surface area contributed by atoms with E-state index in [2.05, 4.69) is 15.3 Å². The molecule has 1 fully saturated rings. The highest BCUT2D eigenvalue weighted by Gasteiger charge is 2.29. The number of nitrogens with one attached hydrogen (secondary N) is 3. The van der Waals surface area contributed by atoms with Crippen molar-refractivity contribution >= 4 is 40.1 Å². The maximum Gasteiger partial charge on any atom is 0.201 e. The van der Waals surface area contributed by atoms with Gasteiger partial charge in [0, 0.05) is 11.6 Å². The summed E-state index contributed by atoms with van der Waals surface area (Å²) in [6.07, 6.45) is 0.568. The molecule has 29 heavy (non-hydrogen) atoms. The van der Waals surface area contributed by atoms with Crippen LogP contribution in [0.4, 0.5) is 24.8 Å². The van der Waals surface area contributed by atoms with E-state index in [1.54, 1.807) is 0 Å². The number of aliphatic hydroxyl groups is 1. The molecule has 5 N–H and O–H groups in total. The Morgan fingerprint density at radius 1 is 1.24 bits per heavy atom. The molecule has 152 valence electrons. The topological polar surface area (TPSA) is 108 Å². The number of hydrogen-bond acceptors (Lipinski definition) is 5. The summed E-state index contributed by atoms with van der Waals surface area (Å²) in [7, 11) is 0. The van der Waals surface area contributed by atoms with Crippen molar-refractivity contribution in [1.82, 2.24) is 9.97 Å². The number of halogens is 4. The summed E-state index contributed by atoms with van der Waals surface area (Å²) in [5, 5.41) is 31.0. The van der Waals surface area contributed by atoms with Crippen LogP contribution >= 0.6 is 11.6 Å². The maximum absolute atomic E-state index is 14.2. The summed E-state index contributed by atoms with van der Waals surface area (Å²) >= 11 is 5.70. The third kappa shape index (κ3) is 3.50. The fourth-order valence-electron chi connectivity index (χ4n) is 3.12. The summed E-state index contributed by atoms with van der Waals surface area (Å²) < 4.78 is 41.7. The second-order valence-corrected chi connectivity index (χ2v) is 7.16. The molecule has 0 atom stereocenters. The van der Waals surface area contributed by atoms with Gasteiger partial charge in [0.25, 0.3) is 0 Å². The van der Waals surface area contributed by atoms with Gasteiger partial charge in [-0.15, -0.1) is 0 Å². The van der Waals surface area contributed by atoms with E-state index in [9.17, 15) is 23.5 Å². The molecule has 0 unspecified atom stereocenters. The largest absolute Gasteiger partial charge is 0.393 e. The number of rotatable bonds is 4. The molecule has 0 amide bonds. The number of anilines is 2. The number of fused-ring (bicyclic) bond motifs is 1. The minimum absolute atomic E-state index is 0.0106. The van der Waals surface area contributed by atoms with Gasteiger partial charge in [0.05, 0.1) is 22.3 Å². The lowest BCUT2D eigenvalue weighted by atomic mass is 9.90. The van der Waals surface area contributed by atoms with Crippen molar-refractivity contribution in [2.45, 2.75) is 25.0 Å². The summed E-state index contributed by atoms with van der Waals surface area (Å²) in [6.45, 7) is 0. The summed E-state index contributed by atoms with van der Waals surface area (Å²) in [5.74, 6) is -3.63. The average Bonchev–Trinajstić information content (AvgIpc) is 3.08. The molecule has 0 spiro atoms. The molecule has 1 aromatic heterocycles. The van der Waals surface area contributed by atoms with Crippen LogP contribution in [0.3, 0.4) is 0 Å². The Kier molecular flexibility index (Phi) is 4.85. The Morgan fingerprint density at radius 2 is 1.97 bits per heavy atom. The van der Waals surface area contributed by atoms with Gasteiger partial charge in [-0.1, -0.05) is 11.6 Å². The third-order valence-electron chi connectivity index (χ3n) is 4.73. The van der Waals surface area contributed by atoms with E-state index in [1.165, 1.54) is 6.07 Å². The zero-order chi connectivity index (χ0) is 20.9. The molecule has 2 aromatic carbocycles. The van der Waals surface area contributed by atoms with Crippen molar-refractivity contribution in [1.29, 1.82) is 5.41 Å². The molecule has 3 aromatic rings. The number of hydroxylamine groups is 1. The lowest BCUT2D eigenvalue weighted by Gasteiger charge is -2.31. The van der Waals surface area contributed by atoms with Crippen molar-refractivity contribution in [2.24, 2.45) is 0 Å². The second kappa shape index (κ2) is 7.21. The zero-order valence-corrected chi connectivity index (χ0v) is 15.4. The number of aromatic amines is 1. The Hall–Kier alpha value is -2.82. The number of aromatic nitrogens is 2. The smallest absolute Gasteiger partial charge is 0.201 e. The van der Waals surface area contributed by atoms with Crippen molar-refractivity contribution in [3.05, 3.63) is 52.3 Å². The predicted molar refractivity (Wildman–Crippen MR) is 101 cm³/mol. The van der Waals surface area contributed by atoms with E-state index in [0.29, 0.717) is 17.9 Å². The van der Waals surface area contributed by atoms with E-state index in [0.717, 1.165) is 18.2 Å². The van der Waals surface area contributed by atoms with Gasteiger partial charge in [0.15, 0.2) is 17.5 Å². The first-order valence-corrected chi connectivity index (χ1v) is 8.97. The van der Waals surface area contributed by atoms with Gasteiger partial charge in [-0.05, 0) is 37.1 Å². The Labute approximate surface area is 167 Å². The quantitative estimate of drug-likeness (QED) is 0.248. The van der Waals surface area contributed by atoms with Gasteiger partial charge in [0.2, 0.25) is 5.95 Å². The molecular formula is C18H15ClF3N5O2. The molecule has 1 heterocycles. The molecule has 0 bridgehead atoms. The number of H-pyrrole nitrogens is 1. The van der Waals surface area contributed by atoms with Gasteiger partial charge >= 0.3 is 0 Å². The van der Waals surface area contributed by atoms with E-state index in [4.69, 9.17) is 17.0 Å². The first-order chi connectivity index (χ1) is 13.7. The summed E-state index contributed by atoms with van der Waals surface area (Å²) in [4.78, 5) is 6.77. The highest BCUT2D eigenvalue weighted by molar-refractivity contribution is 6.31. The Balaban J connectivity index is 1.71. The molecule has 0 radical (unpaired) electrons. The molecule has 0 saturated heterocycles. The Morgan fingerprint density at radius 3 is 2.62 bits per heavy atom. The van der Waals surface area contributed by atoms with E-state index >= 15 is 0 Å². The third-order valence-corrected chi connectivity index (χ3v) is 5.02. The molecule has 1 aliphatic rings. The van der Waals surface area contributed by atoms with E-state index < -0.39 is 29.4 Å². The first-order valence-electron chi connectivity index (χ1n) is 8.60. The van der Waals surface area contributed by atoms with Crippen molar-refractivity contribution < 1.29 is 23.5 Å². The highest BCUT2D eigenvalue weighted by Crippen LogP contribution is 2.29. The first kappa shape index (κ1) is 19.5. The number of hydrogen-bond donors (Lipinski definition) is 5. The molecular weight excluding hydrogens is 411 g/mol. The Bertz CT molecular complexity index is 1120. The lowest BCUT2D eigenvalue weighted by Crippen LogP contribution is -2.39. The molecule has 4 rings (SSSR count). The number of nitrogens with zero attached hydrogens (tertiary/aromatic N) is 2. The monoisotopic (exact) mass is 425 g/mol. The second-order valence-electron chi connectivity index (χ2n) is 6.75. The van der Waals surface area contributed by atoms with Gasteiger partial charge in [0.1, 0.15) is 11.3 Å². The zero-order valence-electron chi connectivity index (χ0n) is 14.7. The number of amidine groups is 1. The number of aliphatic hydroxyl groups excluding tert-OH is 1. The van der Waals surface area contributed by atoms with Crippen LogP contribution in [0.25, 0.3) is 11.0 Å². The molecule has 1 saturated carbocycles. The molecule has 7 nitrogen and oxygen atoms in total. The van der Waals surface area contributed by atoms with Crippen LogP contribution in [0.1, 0.15) is 18.4 Å². The van der Waals surface area contributed by atoms with Gasteiger partial charge in [-0.2, -0.15) is 0 Å². The fourth-order valence-corrected chi connectivity index (χ4v) is 3.29. The van der Waals surface area contributed by atoms with Crippen LogP contribution in [0.2, 0.25) is 5.02 Å². The summed E-state index contributed by atoms with van der Waals surface area (Å²) in [5.41, 5.74) is -0.571. The molecule has 0 aliphatic heterocycles. The van der Waals surface area contributed by atoms with Crippen LogP contribution in [0.5, 0.6) is 0 Å². The number of imidazole rings is 1. The minimum atomic E-state index is -1.25. The summed E-state index contributed by atoms with van der Waals surface area (Å²) in [6, 6.07) is 3.94. The minimum Gasteiger partial charge on any atom is -0.393 e. The van der Waals surface area contributed by atoms with Crippen molar-refractivity contribution in [2.75, 3.05) is 10.4 Å². The SMILES string of the molecule is N=C(c1cc(F)c(F)c2nc(NC3CC(O)C3)[nH]c12)N(O)c1ccc(F)c(Cl)c1. The average molecular weight is 426 g/mol. The van der Waals surface area contributed by atoms with Gasteiger partial charge in [-0.25, -0.2) is 23.2 Å². The van der Waals surface area contributed by atoms with Gasteiger partial charge < -0.3 is 15.4 Å². The highest BCUT2D eigenvalue weighted by atomic mass is 35.5. The molecule has 11 heteroatoms. The molecule has 1 aliphatic carbocycles. The predicted octanol–water partition coefficient (Wildman–Crippen LogP) is 3.79. The van der Waals surface area contributed by atoms with E-state index in [-0.39, 0.29) is 39.3 Å². The van der Waals surface area contributed by atoms with Crippen molar-refractivity contribution in [3.63, 3.8) is 0 Å². The van der Waals surface area contributed by atoms with Crippen LogP contribution in [0.15, 0.2) is 24.3 Å². The van der Waals surface area contributed by atoms with Crippen LogP contribution in [0, 0.1) is 22.9 Å². The van der Waals surface area contributed by atoms with Crippen LogP contribution in [-0.4, -0.2) is 38.3 Å². The fraction of sp³-hybridized carbons (Fsp3) is 0.222. The lowest BCUT2D eigenvalue weighted by molar-refractivity contribution is 0.0834. The van der Waals surface area contributed by atoms with E-state index in [1.807, 2.05) is 0 Å². The normalized spacial score (nSPS) is 18.6.